The number of hydrogen-bond donors (Lipinski definition) is 3. The normalized spacial score (nSPS) is 24.7. The van der Waals surface area contributed by atoms with E-state index in [4.69, 9.17) is 4.74 Å². The van der Waals surface area contributed by atoms with E-state index in [2.05, 4.69) is 9.71 Å². The third-order valence-electron chi connectivity index (χ3n) is 3.60. The molecule has 0 saturated carbocycles. The average molecular weight is 345 g/mol. The zero-order chi connectivity index (χ0) is 17.3. The van der Waals surface area contributed by atoms with Crippen molar-refractivity contribution >= 4 is 15.9 Å². The summed E-state index contributed by atoms with van der Waals surface area (Å²) >= 11 is 0. The number of aromatic nitrogens is 1. The van der Waals surface area contributed by atoms with Crippen LogP contribution in [0.2, 0.25) is 0 Å². The topological polar surface area (TPSA) is 129 Å². The molecule has 0 aliphatic carbocycles. The Morgan fingerprint density at radius 2 is 2.26 bits per heavy atom. The smallest absolute Gasteiger partial charge is 0.255 e. The van der Waals surface area contributed by atoms with E-state index in [-0.39, 0.29) is 25.2 Å². The molecule has 0 unspecified atom stereocenters. The number of amides is 1. The molecule has 2 rings (SSSR count). The first-order valence-electron chi connectivity index (χ1n) is 6.79. The number of carbonyl (C=O) groups is 1. The standard InChI is InChI=1S/C13H19N3O6S/c1-22-11-4-3-9(5-14-11)12(18)16-6-10(17)13(19,8-16)7-15-23(2,20)21/h3-5,10,15,17,19H,6-8H2,1-2H3/t10-,13+/m1/s1. The Kier molecular flexibility index (Phi) is 4.90. The molecule has 1 fully saturated rings. The summed E-state index contributed by atoms with van der Waals surface area (Å²) in [6.45, 7) is -0.675. The van der Waals surface area contributed by atoms with Gasteiger partial charge in [0, 0.05) is 25.4 Å². The van der Waals surface area contributed by atoms with Gasteiger partial charge in [0.15, 0.2) is 0 Å². The van der Waals surface area contributed by atoms with Crippen LogP contribution in [-0.4, -0.2) is 79.1 Å². The molecule has 1 saturated heterocycles. The maximum atomic E-state index is 12.4. The highest BCUT2D eigenvalue weighted by atomic mass is 32.2. The number of aliphatic hydroxyl groups is 2. The molecule has 0 radical (unpaired) electrons. The molecule has 9 nitrogen and oxygen atoms in total. The van der Waals surface area contributed by atoms with Crippen molar-refractivity contribution in [3.8, 4) is 5.88 Å². The summed E-state index contributed by atoms with van der Waals surface area (Å²) in [7, 11) is -2.07. The summed E-state index contributed by atoms with van der Waals surface area (Å²) in [6, 6.07) is 3.05. The molecule has 23 heavy (non-hydrogen) atoms. The molecule has 1 aliphatic heterocycles. The fourth-order valence-corrected chi connectivity index (χ4v) is 2.79. The van der Waals surface area contributed by atoms with Crippen molar-refractivity contribution in [3.63, 3.8) is 0 Å². The van der Waals surface area contributed by atoms with E-state index in [0.29, 0.717) is 5.88 Å². The van der Waals surface area contributed by atoms with Crippen molar-refractivity contribution in [2.45, 2.75) is 11.7 Å². The van der Waals surface area contributed by atoms with Gasteiger partial charge >= 0.3 is 0 Å². The van der Waals surface area contributed by atoms with Crippen molar-refractivity contribution in [2.24, 2.45) is 0 Å². The highest BCUT2D eigenvalue weighted by Gasteiger charge is 2.46. The molecule has 0 aromatic carbocycles. The van der Waals surface area contributed by atoms with Crippen LogP contribution in [-0.2, 0) is 10.0 Å². The molecule has 2 heterocycles. The second-order valence-corrected chi connectivity index (χ2v) is 7.32. The number of aliphatic hydroxyl groups excluding tert-OH is 1. The Bertz CT molecular complexity index is 677. The summed E-state index contributed by atoms with van der Waals surface area (Å²) in [5.41, 5.74) is -1.46. The molecule has 1 aromatic rings. The lowest BCUT2D eigenvalue weighted by molar-refractivity contribution is -0.0352. The van der Waals surface area contributed by atoms with Crippen LogP contribution in [0.3, 0.4) is 0 Å². The van der Waals surface area contributed by atoms with Gasteiger partial charge in [-0.3, -0.25) is 4.79 Å². The van der Waals surface area contributed by atoms with Crippen LogP contribution >= 0.6 is 0 Å². The fraction of sp³-hybridized carbons (Fsp3) is 0.538. The number of carbonyl (C=O) groups excluding carboxylic acids is 1. The molecule has 3 N–H and O–H groups in total. The molecule has 10 heteroatoms. The Morgan fingerprint density at radius 3 is 2.78 bits per heavy atom. The SMILES string of the molecule is COc1ccc(C(=O)N2C[C@@H](O)[C@](O)(CNS(C)(=O)=O)C2)cn1. The van der Waals surface area contributed by atoms with Crippen LogP contribution < -0.4 is 9.46 Å². The predicted octanol–water partition coefficient (Wildman–Crippen LogP) is -1.81. The second-order valence-electron chi connectivity index (χ2n) is 5.49. The number of methoxy groups -OCH3 is 1. The summed E-state index contributed by atoms with van der Waals surface area (Å²) in [4.78, 5) is 17.5. The predicted molar refractivity (Wildman–Crippen MR) is 80.5 cm³/mol. The number of ether oxygens (including phenoxy) is 1. The van der Waals surface area contributed by atoms with E-state index in [1.807, 2.05) is 0 Å². The fourth-order valence-electron chi connectivity index (χ4n) is 2.27. The number of pyridine rings is 1. The molecule has 1 aromatic heterocycles. The van der Waals surface area contributed by atoms with Gasteiger partial charge in [-0.05, 0) is 6.07 Å². The van der Waals surface area contributed by atoms with E-state index < -0.39 is 27.6 Å². The lowest BCUT2D eigenvalue weighted by atomic mass is 10.0. The molecule has 128 valence electrons. The first-order chi connectivity index (χ1) is 10.6. The lowest BCUT2D eigenvalue weighted by Crippen LogP contribution is -2.51. The van der Waals surface area contributed by atoms with Crippen LogP contribution in [0.1, 0.15) is 10.4 Å². The Balaban J connectivity index is 2.08. The molecular formula is C13H19N3O6S. The highest BCUT2D eigenvalue weighted by Crippen LogP contribution is 2.23. The van der Waals surface area contributed by atoms with Crippen molar-refractivity contribution in [1.82, 2.24) is 14.6 Å². The average Bonchev–Trinajstić information content (AvgIpc) is 2.80. The number of β-amino-alcohol motifs (C(OH)–C–C–N with tert-alkyl or cyclic N) is 2. The number of nitrogens with one attached hydrogen (secondary N) is 1. The van der Waals surface area contributed by atoms with E-state index in [1.165, 1.54) is 30.3 Å². The third kappa shape index (κ3) is 4.16. The van der Waals surface area contributed by atoms with Crippen LogP contribution in [0, 0.1) is 0 Å². The maximum Gasteiger partial charge on any atom is 0.255 e. The van der Waals surface area contributed by atoms with Gasteiger partial charge in [0.05, 0.1) is 25.5 Å². The van der Waals surface area contributed by atoms with E-state index in [9.17, 15) is 23.4 Å². The lowest BCUT2D eigenvalue weighted by Gasteiger charge is -2.25. The van der Waals surface area contributed by atoms with Crippen molar-refractivity contribution in [3.05, 3.63) is 23.9 Å². The van der Waals surface area contributed by atoms with Crippen molar-refractivity contribution in [1.29, 1.82) is 0 Å². The third-order valence-corrected chi connectivity index (χ3v) is 4.27. The molecular weight excluding hydrogens is 326 g/mol. The minimum Gasteiger partial charge on any atom is -0.481 e. The molecule has 1 amide bonds. The first-order valence-corrected chi connectivity index (χ1v) is 8.68. The summed E-state index contributed by atoms with van der Waals surface area (Å²) in [5, 5.41) is 20.3. The van der Waals surface area contributed by atoms with Gasteiger partial charge in [-0.1, -0.05) is 0 Å². The Labute approximate surface area is 133 Å². The Hall–Kier alpha value is -1.75. The molecule has 1 aliphatic rings. The molecule has 0 spiro atoms. The number of likely N-dealkylation sites (tertiary alicyclic amines) is 1. The van der Waals surface area contributed by atoms with Gasteiger partial charge < -0.3 is 19.8 Å². The minimum atomic E-state index is -3.52. The number of rotatable bonds is 5. The molecule has 2 atom stereocenters. The zero-order valence-corrected chi connectivity index (χ0v) is 13.6. The van der Waals surface area contributed by atoms with E-state index in [1.54, 1.807) is 0 Å². The van der Waals surface area contributed by atoms with E-state index in [0.717, 1.165) is 6.26 Å². The van der Waals surface area contributed by atoms with Crippen molar-refractivity contribution < 1.29 is 28.2 Å². The van der Waals surface area contributed by atoms with E-state index >= 15 is 0 Å². The summed E-state index contributed by atoms with van der Waals surface area (Å²) in [5.74, 6) is -0.0636. The zero-order valence-electron chi connectivity index (χ0n) is 12.8. The second kappa shape index (κ2) is 6.40. The largest absolute Gasteiger partial charge is 0.481 e. The highest BCUT2D eigenvalue weighted by molar-refractivity contribution is 7.88. The van der Waals surface area contributed by atoms with Crippen LogP contribution in [0.25, 0.3) is 0 Å². The monoisotopic (exact) mass is 345 g/mol. The summed E-state index contributed by atoms with van der Waals surface area (Å²) < 4.78 is 29.3. The van der Waals surface area contributed by atoms with Gasteiger partial charge in [-0.25, -0.2) is 18.1 Å². The van der Waals surface area contributed by atoms with Gasteiger partial charge in [0.1, 0.15) is 11.7 Å². The number of nitrogens with zero attached hydrogens (tertiary/aromatic N) is 2. The van der Waals surface area contributed by atoms with Gasteiger partial charge in [0.25, 0.3) is 5.91 Å². The van der Waals surface area contributed by atoms with Crippen LogP contribution in [0.15, 0.2) is 18.3 Å². The van der Waals surface area contributed by atoms with Gasteiger partial charge in [-0.2, -0.15) is 0 Å². The minimum absolute atomic E-state index is 0.104. The molecule has 0 bridgehead atoms. The van der Waals surface area contributed by atoms with Gasteiger partial charge in [-0.15, -0.1) is 0 Å². The van der Waals surface area contributed by atoms with Gasteiger partial charge in [0.2, 0.25) is 15.9 Å². The van der Waals surface area contributed by atoms with Crippen LogP contribution in [0.4, 0.5) is 0 Å². The van der Waals surface area contributed by atoms with Crippen LogP contribution in [0.5, 0.6) is 5.88 Å². The Morgan fingerprint density at radius 1 is 1.57 bits per heavy atom. The maximum absolute atomic E-state index is 12.4. The quantitative estimate of drug-likeness (QED) is 0.573. The number of hydrogen-bond acceptors (Lipinski definition) is 7. The van der Waals surface area contributed by atoms with Crippen molar-refractivity contribution in [2.75, 3.05) is 33.0 Å². The number of sulfonamides is 1. The summed E-state index contributed by atoms with van der Waals surface area (Å²) in [6.07, 6.45) is 1.02. The first kappa shape index (κ1) is 17.6.